The zero-order chi connectivity index (χ0) is 23.4. The monoisotopic (exact) mass is 467 g/mol. The van der Waals surface area contributed by atoms with E-state index in [9.17, 15) is 19.2 Å². The van der Waals surface area contributed by atoms with Crippen LogP contribution in [0.15, 0.2) is 71.3 Å². The number of rotatable bonds is 7. The Labute approximate surface area is 193 Å². The van der Waals surface area contributed by atoms with E-state index in [1.807, 2.05) is 0 Å². The van der Waals surface area contributed by atoms with Gasteiger partial charge in [0.25, 0.3) is 0 Å². The highest BCUT2D eigenvalue weighted by Gasteiger charge is 2.36. The molecule has 1 amide bonds. The fourth-order valence-electron chi connectivity index (χ4n) is 3.36. The summed E-state index contributed by atoms with van der Waals surface area (Å²) in [4.78, 5) is 50.5. The minimum absolute atomic E-state index is 0.00469. The summed E-state index contributed by atoms with van der Waals surface area (Å²) in [7, 11) is 0. The summed E-state index contributed by atoms with van der Waals surface area (Å²) >= 11 is 5.97. The van der Waals surface area contributed by atoms with Gasteiger partial charge < -0.3 is 18.8 Å². The summed E-state index contributed by atoms with van der Waals surface area (Å²) in [5, 5.41) is 0.485. The van der Waals surface area contributed by atoms with Crippen LogP contribution in [0.3, 0.4) is 0 Å². The highest BCUT2D eigenvalue weighted by molar-refractivity contribution is 6.31. The normalized spacial score (nSPS) is 15.4. The minimum atomic E-state index is -0.673. The van der Waals surface area contributed by atoms with Crippen LogP contribution in [-0.4, -0.2) is 36.8 Å². The number of nitrogens with zero attached hydrogens (tertiary/aromatic N) is 1. The minimum Gasteiger partial charge on any atom is -0.457 e. The van der Waals surface area contributed by atoms with Crippen molar-refractivity contribution in [2.75, 3.05) is 18.1 Å². The van der Waals surface area contributed by atoms with Gasteiger partial charge in [0.1, 0.15) is 5.75 Å². The van der Waals surface area contributed by atoms with Crippen molar-refractivity contribution in [2.24, 2.45) is 5.92 Å². The van der Waals surface area contributed by atoms with Crippen molar-refractivity contribution in [2.45, 2.75) is 6.42 Å². The molecule has 4 rings (SSSR count). The smallest absolute Gasteiger partial charge is 0.379 e. The van der Waals surface area contributed by atoms with E-state index in [0.29, 0.717) is 10.7 Å². The van der Waals surface area contributed by atoms with Crippen LogP contribution in [0.4, 0.5) is 5.69 Å². The molecule has 1 aromatic heterocycles. The second-order valence-corrected chi connectivity index (χ2v) is 7.74. The lowest BCUT2D eigenvalue weighted by molar-refractivity contribution is -0.147. The molecule has 1 aliphatic rings. The summed E-state index contributed by atoms with van der Waals surface area (Å²) in [5.41, 5.74) is 0.885. The standard InChI is InChI=1S/C24H18ClNO7/c25-17-3-1-4-18(12-17)26-13-16(11-22(26)28)23(29)32-14-20(27)15-6-8-19(9-7-15)33-24(30)21-5-2-10-31-21/h1-10,12,16H,11,13-14H2. The van der Waals surface area contributed by atoms with Crippen molar-refractivity contribution in [1.29, 1.82) is 0 Å². The van der Waals surface area contributed by atoms with Gasteiger partial charge in [0.05, 0.1) is 12.2 Å². The molecule has 3 aromatic rings. The summed E-state index contributed by atoms with van der Waals surface area (Å²) < 4.78 is 15.3. The highest BCUT2D eigenvalue weighted by atomic mass is 35.5. The molecule has 0 radical (unpaired) electrons. The van der Waals surface area contributed by atoms with Gasteiger partial charge in [-0.3, -0.25) is 14.4 Å². The molecule has 2 heterocycles. The second kappa shape index (κ2) is 9.70. The molecule has 0 N–H and O–H groups in total. The molecule has 9 heteroatoms. The molecular weight excluding hydrogens is 450 g/mol. The molecule has 2 aromatic carbocycles. The van der Waals surface area contributed by atoms with Crippen LogP contribution in [-0.2, 0) is 14.3 Å². The Hall–Kier alpha value is -3.91. The van der Waals surface area contributed by atoms with Crippen molar-refractivity contribution in [1.82, 2.24) is 0 Å². The van der Waals surface area contributed by atoms with Gasteiger partial charge in [-0.25, -0.2) is 4.79 Å². The van der Waals surface area contributed by atoms with Crippen molar-refractivity contribution < 1.29 is 33.1 Å². The number of halogens is 1. The van der Waals surface area contributed by atoms with E-state index in [2.05, 4.69) is 0 Å². The Morgan fingerprint density at radius 3 is 2.55 bits per heavy atom. The first-order valence-electron chi connectivity index (χ1n) is 10.0. The number of hydrogen-bond acceptors (Lipinski definition) is 7. The van der Waals surface area contributed by atoms with Crippen molar-refractivity contribution >= 4 is 40.9 Å². The van der Waals surface area contributed by atoms with Gasteiger partial charge in [-0.2, -0.15) is 0 Å². The fourth-order valence-corrected chi connectivity index (χ4v) is 3.54. The number of anilines is 1. The van der Waals surface area contributed by atoms with Crippen LogP contribution in [0.1, 0.15) is 27.3 Å². The van der Waals surface area contributed by atoms with E-state index >= 15 is 0 Å². The molecule has 0 bridgehead atoms. The molecule has 1 fully saturated rings. The first-order valence-corrected chi connectivity index (χ1v) is 10.4. The lowest BCUT2D eigenvalue weighted by atomic mass is 10.1. The van der Waals surface area contributed by atoms with Gasteiger partial charge in [0.2, 0.25) is 11.7 Å². The Bertz CT molecular complexity index is 1190. The van der Waals surface area contributed by atoms with Crippen molar-refractivity contribution in [3.8, 4) is 5.75 Å². The van der Waals surface area contributed by atoms with Gasteiger partial charge in [-0.05, 0) is 54.6 Å². The molecule has 1 unspecified atom stereocenters. The van der Waals surface area contributed by atoms with Crippen LogP contribution >= 0.6 is 11.6 Å². The summed E-state index contributed by atoms with van der Waals surface area (Å²) in [6, 6.07) is 15.7. The molecule has 0 saturated carbocycles. The molecule has 1 aliphatic heterocycles. The second-order valence-electron chi connectivity index (χ2n) is 7.31. The maximum Gasteiger partial charge on any atom is 0.379 e. The van der Waals surface area contributed by atoms with Crippen molar-refractivity contribution in [3.05, 3.63) is 83.3 Å². The number of esters is 2. The molecule has 0 aliphatic carbocycles. The average molecular weight is 468 g/mol. The summed E-state index contributed by atoms with van der Waals surface area (Å²) in [6.45, 7) is -0.311. The largest absolute Gasteiger partial charge is 0.457 e. The Morgan fingerprint density at radius 1 is 1.06 bits per heavy atom. The van der Waals surface area contributed by atoms with E-state index < -0.39 is 30.2 Å². The molecular formula is C24H18ClNO7. The number of ketones is 1. The summed E-state index contributed by atoms with van der Waals surface area (Å²) in [6.07, 6.45) is 1.35. The lowest BCUT2D eigenvalue weighted by Crippen LogP contribution is -2.27. The molecule has 8 nitrogen and oxygen atoms in total. The third kappa shape index (κ3) is 5.30. The molecule has 168 valence electrons. The third-order valence-electron chi connectivity index (χ3n) is 5.03. The number of carbonyl (C=O) groups is 4. The number of Topliss-reactive ketones (excluding diaryl/α,β-unsaturated/α-hetero) is 1. The van der Waals surface area contributed by atoms with Crippen LogP contribution in [0.25, 0.3) is 0 Å². The number of amides is 1. The fraction of sp³-hybridized carbons (Fsp3) is 0.167. The van der Waals surface area contributed by atoms with Gasteiger partial charge in [-0.15, -0.1) is 0 Å². The van der Waals surface area contributed by atoms with Gasteiger partial charge in [-0.1, -0.05) is 17.7 Å². The van der Waals surface area contributed by atoms with E-state index in [1.54, 1.807) is 30.3 Å². The van der Waals surface area contributed by atoms with E-state index in [1.165, 1.54) is 41.5 Å². The van der Waals surface area contributed by atoms with E-state index in [4.69, 9.17) is 25.5 Å². The Morgan fingerprint density at radius 2 is 1.85 bits per heavy atom. The zero-order valence-electron chi connectivity index (χ0n) is 17.2. The SMILES string of the molecule is O=C(COC(=O)C1CC(=O)N(c2cccc(Cl)c2)C1)c1ccc(OC(=O)c2ccco2)cc1. The Balaban J connectivity index is 1.29. The van der Waals surface area contributed by atoms with Crippen LogP contribution in [0.2, 0.25) is 5.02 Å². The van der Waals surface area contributed by atoms with Gasteiger partial charge >= 0.3 is 11.9 Å². The van der Waals surface area contributed by atoms with E-state index in [0.717, 1.165) is 0 Å². The average Bonchev–Trinajstić information content (AvgIpc) is 3.48. The van der Waals surface area contributed by atoms with Gasteiger partial charge in [0, 0.05) is 29.2 Å². The number of carbonyl (C=O) groups excluding carboxylic acids is 4. The van der Waals surface area contributed by atoms with E-state index in [-0.39, 0.29) is 35.9 Å². The number of hydrogen-bond donors (Lipinski definition) is 0. The topological polar surface area (TPSA) is 103 Å². The molecule has 0 spiro atoms. The Kier molecular flexibility index (Phi) is 6.55. The molecule has 33 heavy (non-hydrogen) atoms. The number of benzene rings is 2. The summed E-state index contributed by atoms with van der Waals surface area (Å²) in [5.74, 6) is -2.31. The van der Waals surface area contributed by atoms with Crippen LogP contribution in [0, 0.1) is 5.92 Å². The lowest BCUT2D eigenvalue weighted by Gasteiger charge is -2.16. The molecule has 1 atom stereocenters. The highest BCUT2D eigenvalue weighted by Crippen LogP contribution is 2.27. The first-order chi connectivity index (χ1) is 15.9. The first kappa shape index (κ1) is 22.3. The predicted molar refractivity (Wildman–Crippen MR) is 117 cm³/mol. The maximum atomic E-state index is 12.4. The molecule has 1 saturated heterocycles. The third-order valence-corrected chi connectivity index (χ3v) is 5.27. The predicted octanol–water partition coefficient (Wildman–Crippen LogP) is 3.93. The maximum absolute atomic E-state index is 12.4. The zero-order valence-corrected chi connectivity index (χ0v) is 18.0. The number of ether oxygens (including phenoxy) is 2. The van der Waals surface area contributed by atoms with Crippen molar-refractivity contribution in [3.63, 3.8) is 0 Å². The quantitative estimate of drug-likeness (QED) is 0.294. The number of furan rings is 1. The van der Waals surface area contributed by atoms with Gasteiger partial charge in [0.15, 0.2) is 12.4 Å². The van der Waals surface area contributed by atoms with Crippen LogP contribution in [0.5, 0.6) is 5.75 Å². The van der Waals surface area contributed by atoms with Crippen LogP contribution < -0.4 is 9.64 Å².